The second-order valence-electron chi connectivity index (χ2n) is 4.99. The minimum atomic E-state index is 0.758. The van der Waals surface area contributed by atoms with E-state index in [1.807, 2.05) is 0 Å². The molecule has 0 radical (unpaired) electrons. The minimum absolute atomic E-state index is 0.758. The van der Waals surface area contributed by atoms with Crippen molar-refractivity contribution in [3.63, 3.8) is 0 Å². The van der Waals surface area contributed by atoms with E-state index in [-0.39, 0.29) is 0 Å². The molecule has 0 unspecified atom stereocenters. The standard InChI is InChI=1S/C11H23N3/c1-13-6-3-10(4-7-13)12-11-5-8-14(2)9-11/h10-12H,3-9H2,1-2H3/t11-/m0/s1. The maximum Gasteiger partial charge on any atom is 0.0209 e. The van der Waals surface area contributed by atoms with Crippen LogP contribution in [0.25, 0.3) is 0 Å². The third-order valence-electron chi connectivity index (χ3n) is 3.58. The van der Waals surface area contributed by atoms with E-state index in [2.05, 4.69) is 29.2 Å². The summed E-state index contributed by atoms with van der Waals surface area (Å²) in [7, 11) is 4.44. The van der Waals surface area contributed by atoms with E-state index in [1.54, 1.807) is 0 Å². The van der Waals surface area contributed by atoms with Crippen LogP contribution in [0.2, 0.25) is 0 Å². The van der Waals surface area contributed by atoms with E-state index >= 15 is 0 Å². The zero-order chi connectivity index (χ0) is 9.97. The quantitative estimate of drug-likeness (QED) is 0.690. The molecule has 3 heteroatoms. The topological polar surface area (TPSA) is 18.5 Å². The molecule has 82 valence electrons. The first-order valence-electron chi connectivity index (χ1n) is 5.87. The first-order chi connectivity index (χ1) is 6.74. The van der Waals surface area contributed by atoms with E-state index in [0.29, 0.717) is 0 Å². The number of rotatable bonds is 2. The summed E-state index contributed by atoms with van der Waals surface area (Å²) in [5.41, 5.74) is 0. The van der Waals surface area contributed by atoms with Crippen molar-refractivity contribution in [1.29, 1.82) is 0 Å². The van der Waals surface area contributed by atoms with E-state index < -0.39 is 0 Å². The molecule has 0 spiro atoms. The van der Waals surface area contributed by atoms with Gasteiger partial charge in [-0.25, -0.2) is 0 Å². The number of nitrogens with one attached hydrogen (secondary N) is 1. The Morgan fingerprint density at radius 1 is 0.857 bits per heavy atom. The number of hydrogen-bond donors (Lipinski definition) is 1. The lowest BCUT2D eigenvalue weighted by Crippen LogP contribution is -2.45. The molecule has 1 atom stereocenters. The molecule has 0 aromatic heterocycles. The molecule has 0 aromatic carbocycles. The first kappa shape index (κ1) is 10.4. The Kier molecular flexibility index (Phi) is 3.42. The second kappa shape index (κ2) is 4.60. The highest BCUT2D eigenvalue weighted by atomic mass is 15.2. The molecular weight excluding hydrogens is 174 g/mol. The normalized spacial score (nSPS) is 32.6. The zero-order valence-electron chi connectivity index (χ0n) is 9.50. The number of likely N-dealkylation sites (tertiary alicyclic amines) is 2. The number of nitrogens with zero attached hydrogens (tertiary/aromatic N) is 2. The minimum Gasteiger partial charge on any atom is -0.310 e. The van der Waals surface area contributed by atoms with Crippen LogP contribution in [-0.4, -0.2) is 62.2 Å². The number of piperidine rings is 1. The average molecular weight is 197 g/mol. The molecule has 0 amide bonds. The van der Waals surface area contributed by atoms with Crippen LogP contribution in [-0.2, 0) is 0 Å². The van der Waals surface area contributed by atoms with Crippen molar-refractivity contribution in [2.45, 2.75) is 31.3 Å². The van der Waals surface area contributed by atoms with Gasteiger partial charge in [0.15, 0.2) is 0 Å². The molecule has 0 aliphatic carbocycles. The second-order valence-corrected chi connectivity index (χ2v) is 4.99. The molecule has 0 bridgehead atoms. The average Bonchev–Trinajstić information content (AvgIpc) is 2.56. The van der Waals surface area contributed by atoms with Gasteiger partial charge in [-0.1, -0.05) is 0 Å². The van der Waals surface area contributed by atoms with Gasteiger partial charge >= 0.3 is 0 Å². The number of likely N-dealkylation sites (N-methyl/N-ethyl adjacent to an activating group) is 1. The smallest absolute Gasteiger partial charge is 0.0209 e. The summed E-state index contributed by atoms with van der Waals surface area (Å²) in [4.78, 5) is 4.85. The van der Waals surface area contributed by atoms with Crippen LogP contribution < -0.4 is 5.32 Å². The Labute approximate surface area is 87.4 Å². The molecule has 2 heterocycles. The van der Waals surface area contributed by atoms with Crippen LogP contribution in [0.5, 0.6) is 0 Å². The summed E-state index contributed by atoms with van der Waals surface area (Å²) in [5.74, 6) is 0. The molecular formula is C11H23N3. The highest BCUT2D eigenvalue weighted by molar-refractivity contribution is 4.84. The first-order valence-corrected chi connectivity index (χ1v) is 5.87. The van der Waals surface area contributed by atoms with Crippen LogP contribution >= 0.6 is 0 Å². The molecule has 1 N–H and O–H groups in total. The molecule has 2 saturated heterocycles. The van der Waals surface area contributed by atoms with Crippen LogP contribution in [0.15, 0.2) is 0 Å². The van der Waals surface area contributed by atoms with Gasteiger partial charge in [0.05, 0.1) is 0 Å². The predicted octanol–water partition coefficient (Wildman–Crippen LogP) is 0.374. The Hall–Kier alpha value is -0.120. The van der Waals surface area contributed by atoms with Crippen LogP contribution in [0, 0.1) is 0 Å². The molecule has 14 heavy (non-hydrogen) atoms. The Balaban J connectivity index is 1.70. The van der Waals surface area contributed by atoms with E-state index in [9.17, 15) is 0 Å². The van der Waals surface area contributed by atoms with E-state index in [4.69, 9.17) is 0 Å². The summed E-state index contributed by atoms with van der Waals surface area (Å²) in [6.07, 6.45) is 4.00. The third-order valence-corrected chi connectivity index (χ3v) is 3.58. The van der Waals surface area contributed by atoms with Gasteiger partial charge in [-0.05, 0) is 53.0 Å². The maximum absolute atomic E-state index is 3.80. The van der Waals surface area contributed by atoms with E-state index in [1.165, 1.54) is 45.4 Å². The Morgan fingerprint density at radius 2 is 1.43 bits per heavy atom. The largest absolute Gasteiger partial charge is 0.310 e. The van der Waals surface area contributed by atoms with Crippen molar-refractivity contribution < 1.29 is 0 Å². The summed E-state index contributed by atoms with van der Waals surface area (Å²) in [6.45, 7) is 5.04. The van der Waals surface area contributed by atoms with Gasteiger partial charge in [-0.15, -0.1) is 0 Å². The lowest BCUT2D eigenvalue weighted by atomic mass is 10.0. The van der Waals surface area contributed by atoms with E-state index in [0.717, 1.165) is 12.1 Å². The summed E-state index contributed by atoms with van der Waals surface area (Å²) < 4.78 is 0. The Bertz CT molecular complexity index is 175. The fourth-order valence-corrected chi connectivity index (χ4v) is 2.58. The lowest BCUT2D eigenvalue weighted by Gasteiger charge is -2.31. The van der Waals surface area contributed by atoms with Crippen molar-refractivity contribution in [3.8, 4) is 0 Å². The fraction of sp³-hybridized carbons (Fsp3) is 1.00. The molecule has 2 aliphatic heterocycles. The van der Waals surface area contributed by atoms with Crippen molar-refractivity contribution in [2.24, 2.45) is 0 Å². The van der Waals surface area contributed by atoms with Gasteiger partial charge in [0, 0.05) is 18.6 Å². The van der Waals surface area contributed by atoms with Crippen LogP contribution in [0.3, 0.4) is 0 Å². The highest BCUT2D eigenvalue weighted by Gasteiger charge is 2.23. The Morgan fingerprint density at radius 3 is 2.00 bits per heavy atom. The lowest BCUT2D eigenvalue weighted by molar-refractivity contribution is 0.224. The van der Waals surface area contributed by atoms with Gasteiger partial charge in [0.2, 0.25) is 0 Å². The molecule has 0 aromatic rings. The van der Waals surface area contributed by atoms with Crippen LogP contribution in [0.1, 0.15) is 19.3 Å². The zero-order valence-corrected chi connectivity index (χ0v) is 9.50. The van der Waals surface area contributed by atoms with Gasteiger partial charge < -0.3 is 15.1 Å². The third kappa shape index (κ3) is 2.69. The summed E-state index contributed by atoms with van der Waals surface area (Å²) in [6, 6.07) is 1.54. The summed E-state index contributed by atoms with van der Waals surface area (Å²) >= 11 is 0. The SMILES string of the molecule is CN1CCC(N[C@H]2CCN(C)C2)CC1. The molecule has 0 saturated carbocycles. The van der Waals surface area contributed by atoms with Crippen molar-refractivity contribution in [3.05, 3.63) is 0 Å². The molecule has 3 nitrogen and oxygen atoms in total. The molecule has 2 fully saturated rings. The predicted molar refractivity (Wildman–Crippen MR) is 59.6 cm³/mol. The van der Waals surface area contributed by atoms with Crippen molar-refractivity contribution in [1.82, 2.24) is 15.1 Å². The number of hydrogen-bond acceptors (Lipinski definition) is 3. The summed E-state index contributed by atoms with van der Waals surface area (Å²) in [5, 5.41) is 3.80. The van der Waals surface area contributed by atoms with Crippen LogP contribution in [0.4, 0.5) is 0 Å². The monoisotopic (exact) mass is 197 g/mol. The van der Waals surface area contributed by atoms with Crippen molar-refractivity contribution >= 4 is 0 Å². The molecule has 2 rings (SSSR count). The maximum atomic E-state index is 3.80. The fourth-order valence-electron chi connectivity index (χ4n) is 2.58. The van der Waals surface area contributed by atoms with Gasteiger partial charge in [0.1, 0.15) is 0 Å². The van der Waals surface area contributed by atoms with Gasteiger partial charge in [-0.3, -0.25) is 0 Å². The van der Waals surface area contributed by atoms with Gasteiger partial charge in [-0.2, -0.15) is 0 Å². The highest BCUT2D eigenvalue weighted by Crippen LogP contribution is 2.13. The van der Waals surface area contributed by atoms with Crippen molar-refractivity contribution in [2.75, 3.05) is 40.3 Å². The van der Waals surface area contributed by atoms with Gasteiger partial charge in [0.25, 0.3) is 0 Å². The molecule has 2 aliphatic rings.